The van der Waals surface area contributed by atoms with E-state index in [0.29, 0.717) is 33.5 Å². The molecule has 160 valence electrons. The van der Waals surface area contributed by atoms with Gasteiger partial charge in [-0.1, -0.05) is 42.5 Å². The summed E-state index contributed by atoms with van der Waals surface area (Å²) in [6, 6.07) is 22.7. The van der Waals surface area contributed by atoms with Crippen LogP contribution in [0.25, 0.3) is 22.2 Å². The lowest BCUT2D eigenvalue weighted by Crippen LogP contribution is -2.18. The van der Waals surface area contributed by atoms with E-state index in [0.717, 1.165) is 5.56 Å². The van der Waals surface area contributed by atoms with Crippen LogP contribution in [-0.4, -0.2) is 23.2 Å². The van der Waals surface area contributed by atoms with E-state index in [1.54, 1.807) is 18.2 Å². The largest absolute Gasteiger partial charge is 0.490 e. The van der Waals surface area contributed by atoms with Crippen LogP contribution in [0.2, 0.25) is 0 Å². The van der Waals surface area contributed by atoms with Gasteiger partial charge in [-0.05, 0) is 55.8 Å². The van der Waals surface area contributed by atoms with Crippen LogP contribution in [0.15, 0.2) is 84.0 Å². The predicted octanol–water partition coefficient (Wildman–Crippen LogP) is 5.59. The third-order valence-electron chi connectivity index (χ3n) is 4.71. The van der Waals surface area contributed by atoms with E-state index in [4.69, 9.17) is 9.72 Å². The second-order valence-electron chi connectivity index (χ2n) is 7.49. The Hall–Kier alpha value is -4.06. The van der Waals surface area contributed by atoms with E-state index in [-0.39, 0.29) is 17.8 Å². The molecule has 1 N–H and O–H groups in total. The van der Waals surface area contributed by atoms with Crippen molar-refractivity contribution in [2.75, 3.05) is 0 Å². The number of para-hydroxylation sites is 2. The zero-order chi connectivity index (χ0) is 22.5. The zero-order valence-electron chi connectivity index (χ0n) is 17.7. The minimum absolute atomic E-state index is 0.00321. The van der Waals surface area contributed by atoms with E-state index in [1.807, 2.05) is 62.4 Å². The Kier molecular flexibility index (Phi) is 6.22. The van der Waals surface area contributed by atoms with Crippen molar-refractivity contribution in [2.45, 2.75) is 20.0 Å². The molecule has 0 aliphatic carbocycles. The first-order valence-corrected chi connectivity index (χ1v) is 10.3. The summed E-state index contributed by atoms with van der Waals surface area (Å²) in [6.45, 7) is 3.92. The quantitative estimate of drug-likeness (QED) is 0.322. The highest BCUT2D eigenvalue weighted by molar-refractivity contribution is 6.07. The van der Waals surface area contributed by atoms with E-state index < -0.39 is 0 Å². The number of fused-ring (bicyclic) bond motifs is 1. The summed E-state index contributed by atoms with van der Waals surface area (Å²) in [5, 5.41) is 4.69. The number of carbonyl (C=O) groups excluding carboxylic acids is 1. The Balaban J connectivity index is 1.71. The molecule has 6 heteroatoms. The van der Waals surface area contributed by atoms with Crippen molar-refractivity contribution in [3.63, 3.8) is 0 Å². The second-order valence-corrected chi connectivity index (χ2v) is 7.49. The Morgan fingerprint density at radius 1 is 1.03 bits per heavy atom. The first-order chi connectivity index (χ1) is 15.5. The Morgan fingerprint density at radius 2 is 1.81 bits per heavy atom. The second kappa shape index (κ2) is 9.39. The fourth-order valence-corrected chi connectivity index (χ4v) is 3.35. The molecule has 0 fully saturated rings. The first kappa shape index (κ1) is 21.2. The van der Waals surface area contributed by atoms with Crippen LogP contribution in [0.4, 0.5) is 4.39 Å². The Labute approximate surface area is 185 Å². The van der Waals surface area contributed by atoms with Gasteiger partial charge in [0.05, 0.1) is 29.1 Å². The molecule has 32 heavy (non-hydrogen) atoms. The normalized spacial score (nSPS) is 11.2. The lowest BCUT2D eigenvalue weighted by molar-refractivity contribution is 0.0956. The number of halogens is 1. The minimum Gasteiger partial charge on any atom is -0.490 e. The number of ether oxygens (including phenoxy) is 1. The molecule has 0 aliphatic heterocycles. The fraction of sp³-hybridized carbons (Fsp3) is 0.115. The molecular formula is C26H22FN3O2. The number of nitrogens with one attached hydrogen (secondary N) is 1. The number of aromatic nitrogens is 1. The third-order valence-corrected chi connectivity index (χ3v) is 4.71. The first-order valence-electron chi connectivity index (χ1n) is 10.3. The maximum absolute atomic E-state index is 13.3. The van der Waals surface area contributed by atoms with Gasteiger partial charge in [0, 0.05) is 10.9 Å². The number of hydrogen-bond acceptors (Lipinski definition) is 4. The molecule has 1 aromatic heterocycles. The molecular weight excluding hydrogens is 405 g/mol. The number of rotatable bonds is 6. The molecule has 0 atom stereocenters. The van der Waals surface area contributed by atoms with Crippen LogP contribution >= 0.6 is 0 Å². The summed E-state index contributed by atoms with van der Waals surface area (Å²) in [4.78, 5) is 17.8. The number of amides is 1. The summed E-state index contributed by atoms with van der Waals surface area (Å²) < 4.78 is 19.3. The molecule has 1 heterocycles. The number of hydrazone groups is 1. The maximum Gasteiger partial charge on any atom is 0.272 e. The standard InChI is InChI=1S/C26H22FN3O2/c1-17(2)32-25-13-6-4-11-21(25)24-15-22(20-10-3-5-12-23(20)29-24)26(31)30-28-16-18-8-7-9-19(27)14-18/h3-17H,1-2H3,(H,30,31). The monoisotopic (exact) mass is 427 g/mol. The topological polar surface area (TPSA) is 63.6 Å². The van der Waals surface area contributed by atoms with Crippen molar-refractivity contribution in [2.24, 2.45) is 5.10 Å². The molecule has 0 spiro atoms. The van der Waals surface area contributed by atoms with Gasteiger partial charge in [0.25, 0.3) is 5.91 Å². The van der Waals surface area contributed by atoms with Crippen molar-refractivity contribution in [3.05, 3.63) is 95.8 Å². The number of hydrogen-bond donors (Lipinski definition) is 1. The van der Waals surface area contributed by atoms with Crippen molar-refractivity contribution in [3.8, 4) is 17.0 Å². The average Bonchev–Trinajstić information content (AvgIpc) is 2.78. The van der Waals surface area contributed by atoms with Gasteiger partial charge in [-0.2, -0.15) is 5.10 Å². The van der Waals surface area contributed by atoms with Crippen LogP contribution < -0.4 is 10.2 Å². The molecule has 4 aromatic rings. The summed E-state index contributed by atoms with van der Waals surface area (Å²) in [6.07, 6.45) is 1.40. The van der Waals surface area contributed by atoms with Crippen molar-refractivity contribution in [1.82, 2.24) is 10.4 Å². The lowest BCUT2D eigenvalue weighted by Gasteiger charge is -2.15. The van der Waals surface area contributed by atoms with Gasteiger partial charge in [0.1, 0.15) is 11.6 Å². The number of nitrogens with zero attached hydrogens (tertiary/aromatic N) is 2. The Morgan fingerprint density at radius 3 is 2.62 bits per heavy atom. The fourth-order valence-electron chi connectivity index (χ4n) is 3.35. The van der Waals surface area contributed by atoms with Gasteiger partial charge in [0.2, 0.25) is 0 Å². The molecule has 1 amide bonds. The molecule has 3 aromatic carbocycles. The van der Waals surface area contributed by atoms with E-state index in [1.165, 1.54) is 18.3 Å². The third kappa shape index (κ3) is 4.81. The molecule has 0 radical (unpaired) electrons. The summed E-state index contributed by atoms with van der Waals surface area (Å²) in [5.74, 6) is -0.0622. The van der Waals surface area contributed by atoms with Crippen LogP contribution in [0, 0.1) is 5.82 Å². The summed E-state index contributed by atoms with van der Waals surface area (Å²) >= 11 is 0. The molecule has 0 saturated carbocycles. The minimum atomic E-state index is -0.389. The van der Waals surface area contributed by atoms with Crippen LogP contribution in [0.3, 0.4) is 0 Å². The van der Waals surface area contributed by atoms with Crippen LogP contribution in [0.5, 0.6) is 5.75 Å². The van der Waals surface area contributed by atoms with Gasteiger partial charge >= 0.3 is 0 Å². The maximum atomic E-state index is 13.3. The van der Waals surface area contributed by atoms with E-state index in [2.05, 4.69) is 10.5 Å². The summed E-state index contributed by atoms with van der Waals surface area (Å²) in [7, 11) is 0. The van der Waals surface area contributed by atoms with Gasteiger partial charge in [-0.15, -0.1) is 0 Å². The molecule has 0 bridgehead atoms. The number of carbonyl (C=O) groups is 1. The zero-order valence-corrected chi connectivity index (χ0v) is 17.7. The molecule has 5 nitrogen and oxygen atoms in total. The summed E-state index contributed by atoms with van der Waals surface area (Å²) in [5.41, 5.74) is 5.62. The Bertz CT molecular complexity index is 1300. The average molecular weight is 427 g/mol. The SMILES string of the molecule is CC(C)Oc1ccccc1-c1cc(C(=O)NN=Cc2cccc(F)c2)c2ccccc2n1. The molecule has 0 unspecified atom stereocenters. The lowest BCUT2D eigenvalue weighted by atomic mass is 10.0. The highest BCUT2D eigenvalue weighted by Gasteiger charge is 2.16. The van der Waals surface area contributed by atoms with Gasteiger partial charge in [-0.3, -0.25) is 4.79 Å². The van der Waals surface area contributed by atoms with Crippen LogP contribution in [-0.2, 0) is 0 Å². The number of benzene rings is 3. The van der Waals surface area contributed by atoms with Crippen molar-refractivity contribution >= 4 is 23.0 Å². The smallest absolute Gasteiger partial charge is 0.272 e. The highest BCUT2D eigenvalue weighted by Crippen LogP contribution is 2.32. The van der Waals surface area contributed by atoms with E-state index >= 15 is 0 Å². The van der Waals surface area contributed by atoms with Crippen molar-refractivity contribution in [1.29, 1.82) is 0 Å². The van der Waals surface area contributed by atoms with Gasteiger partial charge in [-0.25, -0.2) is 14.8 Å². The molecule has 0 saturated heterocycles. The highest BCUT2D eigenvalue weighted by atomic mass is 19.1. The van der Waals surface area contributed by atoms with Crippen LogP contribution in [0.1, 0.15) is 29.8 Å². The molecule has 0 aliphatic rings. The van der Waals surface area contributed by atoms with Crippen molar-refractivity contribution < 1.29 is 13.9 Å². The number of pyridine rings is 1. The van der Waals surface area contributed by atoms with Gasteiger partial charge < -0.3 is 4.74 Å². The van der Waals surface area contributed by atoms with Gasteiger partial charge in [0.15, 0.2) is 0 Å². The van der Waals surface area contributed by atoms with E-state index in [9.17, 15) is 9.18 Å². The molecule has 4 rings (SSSR count). The predicted molar refractivity (Wildman–Crippen MR) is 124 cm³/mol.